The molecular formula is C14H16FN3O2. The van der Waals surface area contributed by atoms with Gasteiger partial charge in [-0.05, 0) is 38.1 Å². The zero-order valence-corrected chi connectivity index (χ0v) is 11.0. The van der Waals surface area contributed by atoms with E-state index < -0.39 is 5.97 Å². The van der Waals surface area contributed by atoms with Crippen LogP contribution in [0.5, 0.6) is 0 Å². The van der Waals surface area contributed by atoms with E-state index in [0.29, 0.717) is 11.4 Å². The van der Waals surface area contributed by atoms with Crippen molar-refractivity contribution in [2.45, 2.75) is 18.8 Å². The van der Waals surface area contributed by atoms with Crippen LogP contribution in [0.25, 0.3) is 10.9 Å². The van der Waals surface area contributed by atoms with Gasteiger partial charge in [-0.15, -0.1) is 0 Å². The Bertz CT molecular complexity index is 632. The summed E-state index contributed by atoms with van der Waals surface area (Å²) in [5.41, 5.74) is 1.68. The maximum atomic E-state index is 13.1. The number of fused-ring (bicyclic) bond motifs is 1. The number of H-pyrrole nitrogens is 1. The summed E-state index contributed by atoms with van der Waals surface area (Å²) >= 11 is 0. The Morgan fingerprint density at radius 3 is 2.90 bits per heavy atom. The van der Waals surface area contributed by atoms with E-state index in [1.807, 2.05) is 4.90 Å². The van der Waals surface area contributed by atoms with Gasteiger partial charge in [0.15, 0.2) is 0 Å². The quantitative estimate of drug-likeness (QED) is 0.900. The predicted molar refractivity (Wildman–Crippen MR) is 72.1 cm³/mol. The molecule has 0 bridgehead atoms. The minimum atomic E-state index is -0.786. The van der Waals surface area contributed by atoms with E-state index in [1.54, 1.807) is 6.07 Å². The number of carbonyl (C=O) groups is 1. The summed E-state index contributed by atoms with van der Waals surface area (Å²) in [7, 11) is 0. The molecule has 20 heavy (non-hydrogen) atoms. The van der Waals surface area contributed by atoms with E-state index in [2.05, 4.69) is 10.2 Å². The Morgan fingerprint density at radius 1 is 1.45 bits per heavy atom. The highest BCUT2D eigenvalue weighted by molar-refractivity contribution is 5.81. The predicted octanol–water partition coefficient (Wildman–Crippen LogP) is 1.97. The van der Waals surface area contributed by atoms with Gasteiger partial charge in [0.2, 0.25) is 0 Å². The first kappa shape index (κ1) is 13.1. The first-order chi connectivity index (χ1) is 9.63. The van der Waals surface area contributed by atoms with Gasteiger partial charge in [-0.25, -0.2) is 4.39 Å². The molecule has 2 aromatic rings. The number of aliphatic carboxylic acids is 1. The molecule has 0 aliphatic carbocycles. The van der Waals surface area contributed by atoms with Gasteiger partial charge in [0.1, 0.15) is 5.82 Å². The second-order valence-electron chi connectivity index (χ2n) is 5.24. The molecule has 0 atom stereocenters. The van der Waals surface area contributed by atoms with Gasteiger partial charge in [0.25, 0.3) is 0 Å². The number of rotatable bonds is 3. The largest absolute Gasteiger partial charge is 0.480 e. The number of halogens is 1. The van der Waals surface area contributed by atoms with Gasteiger partial charge in [-0.1, -0.05) is 0 Å². The molecule has 2 heterocycles. The van der Waals surface area contributed by atoms with Crippen molar-refractivity contribution in [2.75, 3.05) is 19.6 Å². The fourth-order valence-corrected chi connectivity index (χ4v) is 2.89. The van der Waals surface area contributed by atoms with E-state index in [9.17, 15) is 9.18 Å². The highest BCUT2D eigenvalue weighted by Crippen LogP contribution is 2.31. The van der Waals surface area contributed by atoms with E-state index >= 15 is 0 Å². The van der Waals surface area contributed by atoms with Crippen LogP contribution in [0, 0.1) is 5.82 Å². The summed E-state index contributed by atoms with van der Waals surface area (Å²) in [4.78, 5) is 12.6. The number of nitrogens with zero attached hydrogens (tertiary/aromatic N) is 2. The number of piperidine rings is 1. The third kappa shape index (κ3) is 2.51. The summed E-state index contributed by atoms with van der Waals surface area (Å²) < 4.78 is 13.1. The van der Waals surface area contributed by atoms with Crippen LogP contribution < -0.4 is 0 Å². The Morgan fingerprint density at radius 2 is 2.20 bits per heavy atom. The summed E-state index contributed by atoms with van der Waals surface area (Å²) in [6.45, 7) is 1.62. The SMILES string of the molecule is O=C(O)CN1CCC(c2[nH]nc3cc(F)ccc23)CC1. The molecule has 0 spiro atoms. The first-order valence-electron chi connectivity index (χ1n) is 6.71. The third-order valence-corrected chi connectivity index (χ3v) is 3.90. The maximum Gasteiger partial charge on any atom is 0.317 e. The van der Waals surface area contributed by atoms with Crippen molar-refractivity contribution in [3.05, 3.63) is 29.7 Å². The Labute approximate surface area is 115 Å². The average molecular weight is 277 g/mol. The number of aromatic amines is 1. The van der Waals surface area contributed by atoms with Crippen LogP contribution in [0.4, 0.5) is 4.39 Å². The fourth-order valence-electron chi connectivity index (χ4n) is 2.89. The lowest BCUT2D eigenvalue weighted by atomic mass is 9.91. The molecule has 1 saturated heterocycles. The van der Waals surface area contributed by atoms with Gasteiger partial charge in [0, 0.05) is 23.1 Å². The van der Waals surface area contributed by atoms with Gasteiger partial charge in [-0.2, -0.15) is 5.10 Å². The lowest BCUT2D eigenvalue weighted by Gasteiger charge is -2.30. The van der Waals surface area contributed by atoms with Gasteiger partial charge in [-0.3, -0.25) is 14.8 Å². The average Bonchev–Trinajstić information content (AvgIpc) is 2.82. The fraction of sp³-hybridized carbons (Fsp3) is 0.429. The maximum absolute atomic E-state index is 13.1. The molecule has 1 aliphatic heterocycles. The summed E-state index contributed by atoms with van der Waals surface area (Å²) in [6, 6.07) is 4.63. The molecule has 1 fully saturated rings. The van der Waals surface area contributed by atoms with Crippen LogP contribution in [0.15, 0.2) is 18.2 Å². The normalized spacial score (nSPS) is 17.6. The third-order valence-electron chi connectivity index (χ3n) is 3.90. The van der Waals surface area contributed by atoms with Crippen molar-refractivity contribution in [1.82, 2.24) is 15.1 Å². The van der Waals surface area contributed by atoms with Crippen LogP contribution in [-0.2, 0) is 4.79 Å². The Balaban J connectivity index is 1.75. The highest BCUT2D eigenvalue weighted by atomic mass is 19.1. The number of hydrogen-bond acceptors (Lipinski definition) is 3. The second kappa shape index (κ2) is 5.20. The summed E-state index contributed by atoms with van der Waals surface area (Å²) in [6.07, 6.45) is 1.78. The minimum absolute atomic E-state index is 0.0989. The molecule has 0 amide bonds. The lowest BCUT2D eigenvalue weighted by molar-refractivity contribution is -0.138. The van der Waals surface area contributed by atoms with E-state index in [0.717, 1.165) is 37.0 Å². The van der Waals surface area contributed by atoms with Crippen LogP contribution in [0.2, 0.25) is 0 Å². The zero-order chi connectivity index (χ0) is 14.1. The number of aromatic nitrogens is 2. The molecule has 1 aliphatic rings. The molecule has 106 valence electrons. The number of nitrogens with one attached hydrogen (secondary N) is 1. The molecule has 0 saturated carbocycles. The lowest BCUT2D eigenvalue weighted by Crippen LogP contribution is -2.36. The van der Waals surface area contributed by atoms with Gasteiger partial charge in [0.05, 0.1) is 12.1 Å². The van der Waals surface area contributed by atoms with E-state index in [4.69, 9.17) is 5.11 Å². The van der Waals surface area contributed by atoms with Crippen LogP contribution in [-0.4, -0.2) is 45.8 Å². The number of likely N-dealkylation sites (tertiary alicyclic amines) is 1. The second-order valence-corrected chi connectivity index (χ2v) is 5.24. The molecule has 5 nitrogen and oxygen atoms in total. The van der Waals surface area contributed by atoms with Crippen molar-refractivity contribution < 1.29 is 14.3 Å². The Hall–Kier alpha value is -1.95. The molecule has 1 aromatic carbocycles. The van der Waals surface area contributed by atoms with Crippen molar-refractivity contribution in [1.29, 1.82) is 0 Å². The molecule has 1 aromatic heterocycles. The summed E-state index contributed by atoms with van der Waals surface area (Å²) in [5.74, 6) is -0.742. The highest BCUT2D eigenvalue weighted by Gasteiger charge is 2.24. The molecular weight excluding hydrogens is 261 g/mol. The minimum Gasteiger partial charge on any atom is -0.480 e. The van der Waals surface area contributed by atoms with Crippen molar-refractivity contribution in [2.24, 2.45) is 0 Å². The van der Waals surface area contributed by atoms with Crippen LogP contribution in [0.1, 0.15) is 24.5 Å². The standard InChI is InChI=1S/C14H16FN3O2/c15-10-1-2-11-12(7-10)16-17-14(11)9-3-5-18(6-4-9)8-13(19)20/h1-2,7,9H,3-6,8H2,(H,16,17)(H,19,20). The molecule has 0 radical (unpaired) electrons. The zero-order valence-electron chi connectivity index (χ0n) is 11.0. The first-order valence-corrected chi connectivity index (χ1v) is 6.71. The smallest absolute Gasteiger partial charge is 0.317 e. The van der Waals surface area contributed by atoms with Crippen molar-refractivity contribution in [3.8, 4) is 0 Å². The monoisotopic (exact) mass is 277 g/mol. The molecule has 2 N–H and O–H groups in total. The topological polar surface area (TPSA) is 69.2 Å². The van der Waals surface area contributed by atoms with Gasteiger partial charge >= 0.3 is 5.97 Å². The van der Waals surface area contributed by atoms with Crippen molar-refractivity contribution >= 4 is 16.9 Å². The van der Waals surface area contributed by atoms with E-state index in [1.165, 1.54) is 12.1 Å². The molecule has 3 rings (SSSR count). The molecule has 0 unspecified atom stereocenters. The Kier molecular flexibility index (Phi) is 3.40. The molecule has 6 heteroatoms. The van der Waals surface area contributed by atoms with Crippen LogP contribution >= 0.6 is 0 Å². The number of carboxylic acids is 1. The van der Waals surface area contributed by atoms with Gasteiger partial charge < -0.3 is 5.11 Å². The van der Waals surface area contributed by atoms with Crippen LogP contribution in [0.3, 0.4) is 0 Å². The number of benzene rings is 1. The van der Waals surface area contributed by atoms with E-state index in [-0.39, 0.29) is 12.4 Å². The van der Waals surface area contributed by atoms with Crippen molar-refractivity contribution in [3.63, 3.8) is 0 Å². The summed E-state index contributed by atoms with van der Waals surface area (Å²) in [5, 5.41) is 16.9. The number of hydrogen-bond donors (Lipinski definition) is 2. The number of carboxylic acid groups (broad SMARTS) is 1.